The molecule has 0 aromatic heterocycles. The van der Waals surface area contributed by atoms with Gasteiger partial charge in [0.1, 0.15) is 0 Å². The van der Waals surface area contributed by atoms with Crippen molar-refractivity contribution in [2.75, 3.05) is 0 Å². The van der Waals surface area contributed by atoms with Gasteiger partial charge in [0.05, 0.1) is 5.92 Å². The van der Waals surface area contributed by atoms with Crippen LogP contribution in [-0.4, -0.2) is 23.0 Å². The number of hydrogen-bond donors (Lipinski definition) is 2. The highest BCUT2D eigenvalue weighted by Gasteiger charge is 2.32. The van der Waals surface area contributed by atoms with E-state index in [9.17, 15) is 9.59 Å². The molecule has 4 heteroatoms. The van der Waals surface area contributed by atoms with Gasteiger partial charge in [-0.1, -0.05) is 13.3 Å². The van der Waals surface area contributed by atoms with E-state index in [-0.39, 0.29) is 23.8 Å². The largest absolute Gasteiger partial charge is 0.481 e. The molecule has 0 bridgehead atoms. The fraction of sp³-hybridized carbons (Fsp3) is 0.867. The first kappa shape index (κ1) is 14.4. The summed E-state index contributed by atoms with van der Waals surface area (Å²) in [6.45, 7) is 2.22. The zero-order valence-electron chi connectivity index (χ0n) is 11.7. The van der Waals surface area contributed by atoms with Gasteiger partial charge in [-0.05, 0) is 50.9 Å². The summed E-state index contributed by atoms with van der Waals surface area (Å²) in [6.07, 6.45) is 7.66. The molecule has 0 spiro atoms. The van der Waals surface area contributed by atoms with Gasteiger partial charge in [0.2, 0.25) is 5.91 Å². The van der Waals surface area contributed by atoms with Crippen LogP contribution in [0.3, 0.4) is 0 Å². The summed E-state index contributed by atoms with van der Waals surface area (Å²) in [5.41, 5.74) is 0. The van der Waals surface area contributed by atoms with Crippen LogP contribution in [0.4, 0.5) is 0 Å². The van der Waals surface area contributed by atoms with Crippen LogP contribution < -0.4 is 5.32 Å². The smallest absolute Gasteiger partial charge is 0.306 e. The maximum absolute atomic E-state index is 12.2. The lowest BCUT2D eigenvalue weighted by Crippen LogP contribution is -2.39. The predicted molar refractivity (Wildman–Crippen MR) is 72.6 cm³/mol. The summed E-state index contributed by atoms with van der Waals surface area (Å²) in [4.78, 5) is 23.1. The third-order valence-corrected chi connectivity index (χ3v) is 4.92. The highest BCUT2D eigenvalue weighted by Crippen LogP contribution is 2.31. The van der Waals surface area contributed by atoms with Crippen molar-refractivity contribution in [3.8, 4) is 0 Å². The van der Waals surface area contributed by atoms with Crippen LogP contribution >= 0.6 is 0 Å². The van der Waals surface area contributed by atoms with Crippen LogP contribution in [0, 0.1) is 17.8 Å². The first-order valence-corrected chi connectivity index (χ1v) is 7.63. The van der Waals surface area contributed by atoms with Crippen LogP contribution in [0.1, 0.15) is 58.3 Å². The van der Waals surface area contributed by atoms with Crippen molar-refractivity contribution in [3.05, 3.63) is 0 Å². The molecule has 2 saturated carbocycles. The Balaban J connectivity index is 1.75. The van der Waals surface area contributed by atoms with E-state index in [2.05, 4.69) is 12.2 Å². The first-order valence-electron chi connectivity index (χ1n) is 7.63. The Bertz CT molecular complexity index is 334. The molecule has 0 aromatic carbocycles. The van der Waals surface area contributed by atoms with Gasteiger partial charge in [-0.2, -0.15) is 0 Å². The molecule has 1 amide bonds. The molecule has 4 nitrogen and oxygen atoms in total. The highest BCUT2D eigenvalue weighted by atomic mass is 16.4. The molecule has 0 heterocycles. The lowest BCUT2D eigenvalue weighted by atomic mass is 9.80. The minimum Gasteiger partial charge on any atom is -0.481 e. The zero-order valence-corrected chi connectivity index (χ0v) is 11.7. The van der Waals surface area contributed by atoms with Crippen LogP contribution in [-0.2, 0) is 9.59 Å². The molecule has 2 rings (SSSR count). The van der Waals surface area contributed by atoms with E-state index in [0.717, 1.165) is 38.0 Å². The summed E-state index contributed by atoms with van der Waals surface area (Å²) < 4.78 is 0. The molecule has 0 aliphatic heterocycles. The molecule has 108 valence electrons. The summed E-state index contributed by atoms with van der Waals surface area (Å²) in [5, 5.41) is 12.0. The van der Waals surface area contributed by atoms with Crippen molar-refractivity contribution in [1.82, 2.24) is 5.32 Å². The van der Waals surface area contributed by atoms with E-state index in [1.165, 1.54) is 6.42 Å². The second-order valence-electron chi connectivity index (χ2n) is 6.18. The normalized spacial score (nSPS) is 35.0. The Morgan fingerprint density at radius 2 is 1.68 bits per heavy atom. The van der Waals surface area contributed by atoms with Crippen molar-refractivity contribution in [2.24, 2.45) is 17.8 Å². The van der Waals surface area contributed by atoms with Gasteiger partial charge in [-0.3, -0.25) is 9.59 Å². The van der Waals surface area contributed by atoms with Gasteiger partial charge in [0.15, 0.2) is 0 Å². The first-order chi connectivity index (χ1) is 9.10. The Morgan fingerprint density at radius 3 is 2.21 bits per heavy atom. The maximum Gasteiger partial charge on any atom is 0.306 e. The van der Waals surface area contributed by atoms with E-state index in [1.807, 2.05) is 0 Å². The average molecular weight is 267 g/mol. The highest BCUT2D eigenvalue weighted by molar-refractivity contribution is 5.79. The maximum atomic E-state index is 12.2. The third kappa shape index (κ3) is 3.71. The number of carbonyl (C=O) groups is 2. The fourth-order valence-corrected chi connectivity index (χ4v) is 3.49. The minimum absolute atomic E-state index is 0.0810. The van der Waals surface area contributed by atoms with Gasteiger partial charge in [0, 0.05) is 12.0 Å². The van der Waals surface area contributed by atoms with E-state index in [0.29, 0.717) is 12.8 Å². The van der Waals surface area contributed by atoms with Crippen molar-refractivity contribution < 1.29 is 14.7 Å². The number of rotatable bonds is 4. The van der Waals surface area contributed by atoms with Crippen LogP contribution in [0.5, 0.6) is 0 Å². The van der Waals surface area contributed by atoms with E-state index >= 15 is 0 Å². The van der Waals surface area contributed by atoms with Crippen molar-refractivity contribution in [1.29, 1.82) is 0 Å². The number of amides is 1. The van der Waals surface area contributed by atoms with Crippen LogP contribution in [0.2, 0.25) is 0 Å². The van der Waals surface area contributed by atoms with E-state index in [4.69, 9.17) is 5.11 Å². The average Bonchev–Trinajstić information content (AvgIpc) is 2.87. The van der Waals surface area contributed by atoms with Gasteiger partial charge in [0.25, 0.3) is 0 Å². The minimum atomic E-state index is -0.722. The van der Waals surface area contributed by atoms with Gasteiger partial charge < -0.3 is 10.4 Å². The van der Waals surface area contributed by atoms with E-state index < -0.39 is 5.97 Å². The lowest BCUT2D eigenvalue weighted by Gasteiger charge is -2.28. The summed E-state index contributed by atoms with van der Waals surface area (Å²) in [6, 6.07) is 0.0810. The number of carboxylic acids is 1. The molecule has 19 heavy (non-hydrogen) atoms. The standard InChI is InChI=1S/C15H25NO3/c1-2-10-3-5-11(6-4-10)14(17)16-13-8-7-12(9-13)15(18)19/h10-13H,2-9H2,1H3,(H,16,17)(H,18,19)/t10?,11?,12-,13+/m0/s1. The zero-order chi connectivity index (χ0) is 13.8. The topological polar surface area (TPSA) is 66.4 Å². The molecular formula is C15H25NO3. The number of nitrogens with one attached hydrogen (secondary N) is 1. The number of carboxylic acid groups (broad SMARTS) is 1. The summed E-state index contributed by atoms with van der Waals surface area (Å²) >= 11 is 0. The Hall–Kier alpha value is -1.06. The number of hydrogen-bond acceptors (Lipinski definition) is 2. The molecule has 2 atom stereocenters. The van der Waals surface area contributed by atoms with Crippen LogP contribution in [0.25, 0.3) is 0 Å². The number of aliphatic carboxylic acids is 1. The second kappa shape index (κ2) is 6.40. The van der Waals surface area contributed by atoms with Crippen molar-refractivity contribution in [3.63, 3.8) is 0 Å². The molecule has 2 fully saturated rings. The Kier molecular flexibility index (Phi) is 4.83. The summed E-state index contributed by atoms with van der Waals surface area (Å²) in [7, 11) is 0. The molecule has 0 radical (unpaired) electrons. The summed E-state index contributed by atoms with van der Waals surface area (Å²) in [5.74, 6) is 0.130. The van der Waals surface area contributed by atoms with E-state index in [1.54, 1.807) is 0 Å². The molecule has 0 aromatic rings. The molecule has 2 N–H and O–H groups in total. The SMILES string of the molecule is CCC1CCC(C(=O)N[C@@H]2CC[C@H](C(=O)O)C2)CC1. The van der Waals surface area contributed by atoms with Gasteiger partial charge in [-0.25, -0.2) is 0 Å². The van der Waals surface area contributed by atoms with Gasteiger partial charge >= 0.3 is 5.97 Å². The second-order valence-corrected chi connectivity index (χ2v) is 6.18. The monoisotopic (exact) mass is 267 g/mol. The number of carbonyl (C=O) groups excluding carboxylic acids is 1. The Morgan fingerprint density at radius 1 is 1.05 bits per heavy atom. The Labute approximate surface area is 115 Å². The molecule has 2 aliphatic carbocycles. The van der Waals surface area contributed by atoms with Crippen molar-refractivity contribution >= 4 is 11.9 Å². The molecule has 0 saturated heterocycles. The van der Waals surface area contributed by atoms with Crippen molar-refractivity contribution in [2.45, 2.75) is 64.3 Å². The molecule has 2 aliphatic rings. The lowest BCUT2D eigenvalue weighted by molar-refractivity contribution is -0.141. The predicted octanol–water partition coefficient (Wildman–Crippen LogP) is 2.57. The molecular weight excluding hydrogens is 242 g/mol. The fourth-order valence-electron chi connectivity index (χ4n) is 3.49. The van der Waals surface area contributed by atoms with Gasteiger partial charge in [-0.15, -0.1) is 0 Å². The third-order valence-electron chi connectivity index (χ3n) is 4.92. The quantitative estimate of drug-likeness (QED) is 0.822. The molecule has 0 unspecified atom stereocenters. The van der Waals surface area contributed by atoms with Crippen LogP contribution in [0.15, 0.2) is 0 Å².